The van der Waals surface area contributed by atoms with Crippen molar-refractivity contribution in [2.24, 2.45) is 0 Å². The molecule has 1 atom stereocenters. The number of benzene rings is 2. The number of fused-ring (bicyclic) bond motifs is 1. The standard InChI is InChI=1S/C15H12ClF2NS/c16-9-1-4-15-11(7-9)13(5-6-20-15)19-14-3-2-10(17)8-12(14)18/h1-4,7-8,13,19H,5-6H2. The van der Waals surface area contributed by atoms with Gasteiger partial charge in [0.1, 0.15) is 11.6 Å². The third-order valence-electron chi connectivity index (χ3n) is 3.27. The van der Waals surface area contributed by atoms with Crippen molar-refractivity contribution in [2.75, 3.05) is 11.1 Å². The van der Waals surface area contributed by atoms with E-state index in [-0.39, 0.29) is 6.04 Å². The first-order chi connectivity index (χ1) is 9.63. The smallest absolute Gasteiger partial charge is 0.149 e. The van der Waals surface area contributed by atoms with Crippen LogP contribution in [0.4, 0.5) is 14.5 Å². The van der Waals surface area contributed by atoms with Crippen molar-refractivity contribution < 1.29 is 8.78 Å². The van der Waals surface area contributed by atoms with Gasteiger partial charge in [-0.05, 0) is 42.3 Å². The molecule has 0 saturated heterocycles. The highest BCUT2D eigenvalue weighted by Gasteiger charge is 2.21. The van der Waals surface area contributed by atoms with Crippen LogP contribution >= 0.6 is 23.4 Å². The summed E-state index contributed by atoms with van der Waals surface area (Å²) >= 11 is 7.80. The van der Waals surface area contributed by atoms with Crippen LogP contribution in [0.1, 0.15) is 18.0 Å². The molecule has 3 rings (SSSR count). The molecule has 0 saturated carbocycles. The Kier molecular flexibility index (Phi) is 3.85. The molecule has 0 bridgehead atoms. The zero-order valence-electron chi connectivity index (χ0n) is 10.5. The van der Waals surface area contributed by atoms with Crippen LogP contribution in [-0.2, 0) is 0 Å². The lowest BCUT2D eigenvalue weighted by atomic mass is 10.0. The van der Waals surface area contributed by atoms with Crippen molar-refractivity contribution in [3.05, 3.63) is 58.6 Å². The van der Waals surface area contributed by atoms with Crippen LogP contribution < -0.4 is 5.32 Å². The highest BCUT2D eigenvalue weighted by molar-refractivity contribution is 7.99. The Hall–Kier alpha value is -1.26. The molecule has 1 N–H and O–H groups in total. The maximum absolute atomic E-state index is 13.7. The molecule has 5 heteroatoms. The van der Waals surface area contributed by atoms with Gasteiger partial charge in [0.15, 0.2) is 0 Å². The lowest BCUT2D eigenvalue weighted by molar-refractivity contribution is 0.582. The lowest BCUT2D eigenvalue weighted by Crippen LogP contribution is -2.16. The van der Waals surface area contributed by atoms with E-state index in [1.54, 1.807) is 11.8 Å². The first-order valence-corrected chi connectivity index (χ1v) is 7.63. The Morgan fingerprint density at radius 3 is 2.80 bits per heavy atom. The number of hydrogen-bond acceptors (Lipinski definition) is 2. The molecule has 0 aliphatic carbocycles. The normalized spacial score (nSPS) is 17.6. The molecule has 2 aromatic carbocycles. The molecule has 104 valence electrons. The van der Waals surface area contributed by atoms with E-state index in [0.29, 0.717) is 10.7 Å². The Labute approximate surface area is 125 Å². The molecule has 0 aromatic heterocycles. The van der Waals surface area contributed by atoms with Crippen LogP contribution in [0.15, 0.2) is 41.3 Å². The second kappa shape index (κ2) is 5.62. The summed E-state index contributed by atoms with van der Waals surface area (Å²) in [6.45, 7) is 0. The largest absolute Gasteiger partial charge is 0.376 e. The Bertz CT molecular complexity index is 648. The van der Waals surface area contributed by atoms with Crippen molar-refractivity contribution >= 4 is 29.1 Å². The number of halogens is 3. The average molecular weight is 312 g/mol. The molecule has 1 aliphatic heterocycles. The van der Waals surface area contributed by atoms with Crippen LogP contribution in [0.25, 0.3) is 0 Å². The molecule has 1 unspecified atom stereocenters. The summed E-state index contributed by atoms with van der Waals surface area (Å²) < 4.78 is 26.7. The van der Waals surface area contributed by atoms with Gasteiger partial charge in [0.05, 0.1) is 11.7 Å². The number of hydrogen-bond donors (Lipinski definition) is 1. The van der Waals surface area contributed by atoms with Gasteiger partial charge >= 0.3 is 0 Å². The minimum atomic E-state index is -0.577. The minimum absolute atomic E-state index is 0.00934. The molecule has 1 aliphatic rings. The molecule has 0 spiro atoms. The summed E-state index contributed by atoms with van der Waals surface area (Å²) in [6.07, 6.45) is 0.870. The van der Waals surface area contributed by atoms with Crippen LogP contribution in [0.5, 0.6) is 0 Å². The predicted molar refractivity (Wildman–Crippen MR) is 79.5 cm³/mol. The zero-order valence-corrected chi connectivity index (χ0v) is 12.1. The summed E-state index contributed by atoms with van der Waals surface area (Å²) in [5, 5.41) is 3.81. The van der Waals surface area contributed by atoms with Gasteiger partial charge in [-0.25, -0.2) is 8.78 Å². The second-order valence-corrected chi connectivity index (χ2v) is 6.21. The molecule has 1 nitrogen and oxygen atoms in total. The van der Waals surface area contributed by atoms with Crippen molar-refractivity contribution in [1.29, 1.82) is 0 Å². The van der Waals surface area contributed by atoms with Crippen LogP contribution in [0, 0.1) is 11.6 Å². The summed E-state index contributed by atoms with van der Waals surface area (Å²) in [6, 6.07) is 9.30. The van der Waals surface area contributed by atoms with E-state index < -0.39 is 11.6 Å². The number of thioether (sulfide) groups is 1. The molecule has 0 fully saturated rings. The summed E-state index contributed by atoms with van der Waals surface area (Å²) in [5.41, 5.74) is 1.38. The fourth-order valence-electron chi connectivity index (χ4n) is 2.31. The summed E-state index contributed by atoms with van der Waals surface area (Å²) in [5.74, 6) is -0.197. The lowest BCUT2D eigenvalue weighted by Gasteiger charge is -2.27. The topological polar surface area (TPSA) is 12.0 Å². The monoisotopic (exact) mass is 311 g/mol. The predicted octanol–water partition coefficient (Wildman–Crippen LogP) is 5.27. The van der Waals surface area contributed by atoms with Crippen LogP contribution in [0.3, 0.4) is 0 Å². The number of anilines is 1. The van der Waals surface area contributed by atoms with Gasteiger partial charge in [0.2, 0.25) is 0 Å². The maximum Gasteiger partial charge on any atom is 0.149 e. The van der Waals surface area contributed by atoms with Crippen LogP contribution in [-0.4, -0.2) is 5.75 Å². The molecule has 0 amide bonds. The third kappa shape index (κ3) is 2.76. The van der Waals surface area contributed by atoms with E-state index in [0.717, 1.165) is 28.7 Å². The quantitative estimate of drug-likeness (QED) is 0.811. The van der Waals surface area contributed by atoms with Gasteiger partial charge in [-0.3, -0.25) is 0 Å². The number of rotatable bonds is 2. The fourth-order valence-corrected chi connectivity index (χ4v) is 3.60. The SMILES string of the molecule is Fc1ccc(NC2CCSc3ccc(Cl)cc32)c(F)c1. The zero-order chi connectivity index (χ0) is 14.1. The highest BCUT2D eigenvalue weighted by Crippen LogP contribution is 2.39. The van der Waals surface area contributed by atoms with E-state index >= 15 is 0 Å². The van der Waals surface area contributed by atoms with E-state index in [1.165, 1.54) is 12.1 Å². The fraction of sp³-hybridized carbons (Fsp3) is 0.200. The van der Waals surface area contributed by atoms with E-state index in [4.69, 9.17) is 11.6 Å². The van der Waals surface area contributed by atoms with Gasteiger partial charge in [0.25, 0.3) is 0 Å². The van der Waals surface area contributed by atoms with Gasteiger partial charge in [-0.15, -0.1) is 11.8 Å². The van der Waals surface area contributed by atoms with E-state index in [9.17, 15) is 8.78 Å². The van der Waals surface area contributed by atoms with Crippen molar-refractivity contribution in [3.8, 4) is 0 Å². The second-order valence-electron chi connectivity index (χ2n) is 4.64. The first-order valence-electron chi connectivity index (χ1n) is 6.27. The van der Waals surface area contributed by atoms with E-state index in [1.807, 2.05) is 18.2 Å². The number of nitrogens with one attached hydrogen (secondary N) is 1. The summed E-state index contributed by atoms with van der Waals surface area (Å²) in [4.78, 5) is 1.15. The Morgan fingerprint density at radius 1 is 1.15 bits per heavy atom. The third-order valence-corrected chi connectivity index (χ3v) is 4.63. The summed E-state index contributed by atoms with van der Waals surface area (Å²) in [7, 11) is 0. The molecule has 20 heavy (non-hydrogen) atoms. The minimum Gasteiger partial charge on any atom is -0.376 e. The van der Waals surface area contributed by atoms with Gasteiger partial charge in [0, 0.05) is 21.7 Å². The maximum atomic E-state index is 13.7. The molecule has 0 radical (unpaired) electrons. The first kappa shape index (κ1) is 13.7. The van der Waals surface area contributed by atoms with Crippen molar-refractivity contribution in [1.82, 2.24) is 0 Å². The average Bonchev–Trinajstić information content (AvgIpc) is 2.42. The molecular formula is C15H12ClF2NS. The van der Waals surface area contributed by atoms with E-state index in [2.05, 4.69) is 5.32 Å². The van der Waals surface area contributed by atoms with Gasteiger partial charge in [-0.2, -0.15) is 0 Å². The molecular weight excluding hydrogens is 300 g/mol. The molecule has 2 aromatic rings. The Morgan fingerprint density at radius 2 is 2.00 bits per heavy atom. The van der Waals surface area contributed by atoms with Crippen molar-refractivity contribution in [3.63, 3.8) is 0 Å². The highest BCUT2D eigenvalue weighted by atomic mass is 35.5. The molecule has 1 heterocycles. The van der Waals surface area contributed by atoms with Gasteiger partial charge in [-0.1, -0.05) is 11.6 Å². The van der Waals surface area contributed by atoms with Gasteiger partial charge < -0.3 is 5.32 Å². The van der Waals surface area contributed by atoms with Crippen LogP contribution in [0.2, 0.25) is 5.02 Å². The van der Waals surface area contributed by atoms with Crippen molar-refractivity contribution in [2.45, 2.75) is 17.4 Å². The Balaban J connectivity index is 1.91.